The van der Waals surface area contributed by atoms with Crippen LogP contribution in [0.5, 0.6) is 11.5 Å². The highest BCUT2D eigenvalue weighted by Gasteiger charge is 2.13. The lowest BCUT2D eigenvalue weighted by atomic mass is 10.1. The molecule has 1 aliphatic heterocycles. The Hall–Kier alpha value is -2.15. The molecule has 7 heteroatoms. The minimum absolute atomic E-state index is 0.200. The predicted molar refractivity (Wildman–Crippen MR) is 68.5 cm³/mol. The highest BCUT2D eigenvalue weighted by Crippen LogP contribution is 2.32. The van der Waals surface area contributed by atoms with E-state index in [2.05, 4.69) is 14.1 Å². The van der Waals surface area contributed by atoms with Crippen LogP contribution >= 0.6 is 11.7 Å². The van der Waals surface area contributed by atoms with Gasteiger partial charge in [-0.1, -0.05) is 6.07 Å². The first kappa shape index (κ1) is 11.9. The monoisotopic (exact) mass is 277 g/mol. The van der Waals surface area contributed by atoms with Crippen molar-refractivity contribution in [2.75, 3.05) is 13.3 Å². The Kier molecular flexibility index (Phi) is 3.28. The van der Waals surface area contributed by atoms with Crippen molar-refractivity contribution in [3.05, 3.63) is 35.7 Å². The molecule has 3 rings (SSSR count). The summed E-state index contributed by atoms with van der Waals surface area (Å²) in [5.74, 6) is 1.32. The molecular weight excluding hydrogens is 266 g/mol. The topological polar surface area (TPSA) is 73.3 Å². The van der Waals surface area contributed by atoms with Gasteiger partial charge >= 0.3 is 0 Å². The van der Waals surface area contributed by atoms with Crippen molar-refractivity contribution in [1.29, 1.82) is 0 Å². The van der Waals surface area contributed by atoms with Crippen LogP contribution in [0.15, 0.2) is 24.4 Å². The Balaban J connectivity index is 1.54. The molecule has 1 N–H and O–H groups in total. The van der Waals surface area contributed by atoms with Crippen molar-refractivity contribution < 1.29 is 14.3 Å². The fourth-order valence-corrected chi connectivity index (χ4v) is 2.18. The van der Waals surface area contributed by atoms with Crippen LogP contribution in [0.4, 0.5) is 0 Å². The number of nitrogens with zero attached hydrogens (tertiary/aromatic N) is 2. The Morgan fingerprint density at radius 2 is 2.26 bits per heavy atom. The van der Waals surface area contributed by atoms with Crippen molar-refractivity contribution in [3.8, 4) is 11.5 Å². The van der Waals surface area contributed by atoms with Crippen LogP contribution in [0.1, 0.15) is 16.1 Å². The molecule has 2 aromatic rings. The minimum Gasteiger partial charge on any atom is -0.454 e. The standard InChI is InChI=1S/C12H11N3O3S/c16-12(9-6-14-19-15-9)13-4-3-8-1-2-10-11(5-8)18-7-17-10/h1-2,5-6H,3-4,7H2,(H,13,16). The average molecular weight is 277 g/mol. The summed E-state index contributed by atoms with van der Waals surface area (Å²) in [6.07, 6.45) is 2.18. The minimum atomic E-state index is -0.200. The van der Waals surface area contributed by atoms with Gasteiger partial charge in [-0.25, -0.2) is 0 Å². The third-order valence-corrected chi connectivity index (χ3v) is 3.21. The Labute approximate surface area is 113 Å². The summed E-state index contributed by atoms with van der Waals surface area (Å²) in [6.45, 7) is 0.808. The molecular formula is C12H11N3O3S. The zero-order valence-electron chi connectivity index (χ0n) is 9.96. The maximum atomic E-state index is 11.6. The fraction of sp³-hybridized carbons (Fsp3) is 0.250. The van der Waals surface area contributed by atoms with E-state index < -0.39 is 0 Å². The summed E-state index contributed by atoms with van der Waals surface area (Å²) in [6, 6.07) is 5.77. The molecule has 1 aromatic heterocycles. The number of hydrogen-bond donors (Lipinski definition) is 1. The van der Waals surface area contributed by atoms with Crippen molar-refractivity contribution in [3.63, 3.8) is 0 Å². The van der Waals surface area contributed by atoms with E-state index in [1.165, 1.54) is 6.20 Å². The van der Waals surface area contributed by atoms with Gasteiger partial charge < -0.3 is 14.8 Å². The zero-order chi connectivity index (χ0) is 13.1. The molecule has 1 aromatic carbocycles. The van der Waals surface area contributed by atoms with E-state index in [1.54, 1.807) is 0 Å². The second-order valence-corrected chi connectivity index (χ2v) is 4.54. The number of fused-ring (bicyclic) bond motifs is 1. The van der Waals surface area contributed by atoms with Crippen molar-refractivity contribution >= 4 is 17.6 Å². The van der Waals surface area contributed by atoms with E-state index in [9.17, 15) is 4.79 Å². The van der Waals surface area contributed by atoms with Gasteiger partial charge in [0.25, 0.3) is 5.91 Å². The summed E-state index contributed by atoms with van der Waals surface area (Å²) in [5, 5.41) is 2.79. The SMILES string of the molecule is O=C(NCCc1ccc2c(c1)OCO2)c1cnsn1. The number of rotatable bonds is 4. The smallest absolute Gasteiger partial charge is 0.272 e. The molecule has 0 radical (unpaired) electrons. The zero-order valence-corrected chi connectivity index (χ0v) is 10.8. The molecule has 0 aliphatic carbocycles. The lowest BCUT2D eigenvalue weighted by Gasteiger charge is -2.04. The van der Waals surface area contributed by atoms with Gasteiger partial charge in [-0.05, 0) is 24.1 Å². The molecule has 0 saturated carbocycles. The second-order valence-electron chi connectivity index (χ2n) is 3.99. The molecule has 6 nitrogen and oxygen atoms in total. The summed E-state index contributed by atoms with van der Waals surface area (Å²) in [7, 11) is 0. The summed E-state index contributed by atoms with van der Waals surface area (Å²) in [4.78, 5) is 11.6. The Morgan fingerprint density at radius 3 is 3.11 bits per heavy atom. The third kappa shape index (κ3) is 2.65. The molecule has 0 fully saturated rings. The third-order valence-electron chi connectivity index (χ3n) is 2.73. The quantitative estimate of drug-likeness (QED) is 0.910. The summed E-state index contributed by atoms with van der Waals surface area (Å²) in [5.41, 5.74) is 1.44. The van der Waals surface area contributed by atoms with E-state index in [0.717, 1.165) is 35.2 Å². The van der Waals surface area contributed by atoms with E-state index in [0.29, 0.717) is 12.2 Å². The van der Waals surface area contributed by atoms with E-state index in [-0.39, 0.29) is 12.7 Å². The molecule has 1 amide bonds. The number of nitrogens with one attached hydrogen (secondary N) is 1. The van der Waals surface area contributed by atoms with Crippen molar-refractivity contribution in [2.45, 2.75) is 6.42 Å². The van der Waals surface area contributed by atoms with Gasteiger partial charge in [-0.3, -0.25) is 4.79 Å². The first-order valence-corrected chi connectivity index (χ1v) is 6.50. The van der Waals surface area contributed by atoms with Crippen LogP contribution in [0.3, 0.4) is 0 Å². The number of carbonyl (C=O) groups is 1. The molecule has 2 heterocycles. The number of aromatic nitrogens is 2. The molecule has 0 unspecified atom stereocenters. The van der Waals surface area contributed by atoms with Gasteiger partial charge in [-0.2, -0.15) is 8.75 Å². The van der Waals surface area contributed by atoms with Gasteiger partial charge in [-0.15, -0.1) is 0 Å². The molecule has 0 saturated heterocycles. The molecule has 1 aliphatic rings. The van der Waals surface area contributed by atoms with E-state index in [4.69, 9.17) is 9.47 Å². The number of ether oxygens (including phenoxy) is 2. The lowest BCUT2D eigenvalue weighted by molar-refractivity contribution is 0.0950. The number of amides is 1. The van der Waals surface area contributed by atoms with Gasteiger partial charge in [0.1, 0.15) is 0 Å². The van der Waals surface area contributed by atoms with Crippen LogP contribution in [0, 0.1) is 0 Å². The molecule has 19 heavy (non-hydrogen) atoms. The molecule has 0 bridgehead atoms. The number of hydrogen-bond acceptors (Lipinski definition) is 6. The Morgan fingerprint density at radius 1 is 1.37 bits per heavy atom. The van der Waals surface area contributed by atoms with Gasteiger partial charge in [0.15, 0.2) is 17.2 Å². The van der Waals surface area contributed by atoms with Crippen molar-refractivity contribution in [2.24, 2.45) is 0 Å². The molecule has 98 valence electrons. The van der Waals surface area contributed by atoms with Crippen LogP contribution in [0.25, 0.3) is 0 Å². The first-order valence-electron chi connectivity index (χ1n) is 5.77. The predicted octanol–water partition coefficient (Wildman–Crippen LogP) is 1.24. The maximum Gasteiger partial charge on any atom is 0.272 e. The lowest BCUT2D eigenvalue weighted by Crippen LogP contribution is -2.25. The van der Waals surface area contributed by atoms with Crippen LogP contribution in [-0.2, 0) is 6.42 Å². The summed E-state index contributed by atoms with van der Waals surface area (Å²) >= 11 is 1.02. The number of carbonyl (C=O) groups excluding carboxylic acids is 1. The molecule has 0 atom stereocenters. The highest BCUT2D eigenvalue weighted by atomic mass is 32.1. The largest absolute Gasteiger partial charge is 0.454 e. The van der Waals surface area contributed by atoms with Crippen LogP contribution in [0.2, 0.25) is 0 Å². The maximum absolute atomic E-state index is 11.6. The van der Waals surface area contributed by atoms with E-state index >= 15 is 0 Å². The highest BCUT2D eigenvalue weighted by molar-refractivity contribution is 6.99. The van der Waals surface area contributed by atoms with Crippen LogP contribution in [-0.4, -0.2) is 28.0 Å². The normalized spacial score (nSPS) is 12.4. The van der Waals surface area contributed by atoms with Crippen molar-refractivity contribution in [1.82, 2.24) is 14.1 Å². The Bertz CT molecular complexity index is 586. The van der Waals surface area contributed by atoms with Crippen LogP contribution < -0.4 is 14.8 Å². The molecule has 0 spiro atoms. The van der Waals surface area contributed by atoms with Gasteiger partial charge in [0.05, 0.1) is 17.9 Å². The second kappa shape index (κ2) is 5.23. The number of benzene rings is 1. The summed E-state index contributed by atoms with van der Waals surface area (Å²) < 4.78 is 18.2. The average Bonchev–Trinajstić information content (AvgIpc) is 3.09. The first-order chi connectivity index (χ1) is 9.33. The van der Waals surface area contributed by atoms with Gasteiger partial charge in [0.2, 0.25) is 6.79 Å². The van der Waals surface area contributed by atoms with Gasteiger partial charge in [0, 0.05) is 6.54 Å². The fourth-order valence-electron chi connectivity index (χ4n) is 1.77. The van der Waals surface area contributed by atoms with E-state index in [1.807, 2.05) is 18.2 Å².